The third-order valence-electron chi connectivity index (χ3n) is 3.91. The van der Waals surface area contributed by atoms with Crippen LogP contribution in [0.3, 0.4) is 0 Å². The van der Waals surface area contributed by atoms with Gasteiger partial charge >= 0.3 is 0 Å². The van der Waals surface area contributed by atoms with Crippen LogP contribution >= 0.6 is 0 Å². The van der Waals surface area contributed by atoms with Crippen LogP contribution < -0.4 is 4.57 Å². The minimum absolute atomic E-state index is 0.574. The predicted molar refractivity (Wildman–Crippen MR) is 82.4 cm³/mol. The van der Waals surface area contributed by atoms with Gasteiger partial charge < -0.3 is 0 Å². The van der Waals surface area contributed by atoms with E-state index in [2.05, 4.69) is 49.2 Å². The maximum absolute atomic E-state index is 2.45. The molecule has 0 unspecified atom stereocenters. The van der Waals surface area contributed by atoms with Gasteiger partial charge in [0.2, 0.25) is 0 Å². The van der Waals surface area contributed by atoms with Crippen molar-refractivity contribution in [2.24, 2.45) is 0 Å². The van der Waals surface area contributed by atoms with Crippen molar-refractivity contribution in [3.05, 3.63) is 18.2 Å². The van der Waals surface area contributed by atoms with E-state index in [4.69, 9.17) is 0 Å². The fraction of sp³-hybridized carbons (Fsp3) is 0.824. The van der Waals surface area contributed by atoms with Gasteiger partial charge in [-0.05, 0) is 26.7 Å². The van der Waals surface area contributed by atoms with Gasteiger partial charge in [0.15, 0.2) is 0 Å². The van der Waals surface area contributed by atoms with Crippen LogP contribution in [0.25, 0.3) is 0 Å². The molecule has 0 saturated heterocycles. The fourth-order valence-corrected chi connectivity index (χ4v) is 2.77. The molecule has 0 aliphatic carbocycles. The van der Waals surface area contributed by atoms with E-state index in [-0.39, 0.29) is 0 Å². The fourth-order valence-electron chi connectivity index (χ4n) is 2.77. The zero-order chi connectivity index (χ0) is 14.1. The molecule has 1 aromatic heterocycles. The summed E-state index contributed by atoms with van der Waals surface area (Å²) in [5.41, 5.74) is 0. The molecule has 19 heavy (non-hydrogen) atoms. The van der Waals surface area contributed by atoms with Gasteiger partial charge in [0, 0.05) is 6.42 Å². The van der Waals surface area contributed by atoms with E-state index in [0.717, 1.165) is 6.42 Å². The van der Waals surface area contributed by atoms with Crippen LogP contribution in [-0.4, -0.2) is 4.57 Å². The van der Waals surface area contributed by atoms with Gasteiger partial charge in [-0.15, -0.1) is 0 Å². The molecule has 0 aromatic carbocycles. The average Bonchev–Trinajstić information content (AvgIpc) is 2.80. The largest absolute Gasteiger partial charge is 0.256 e. The Bertz CT molecular complexity index is 339. The normalized spacial score (nSPS) is 11.4. The average molecular weight is 265 g/mol. The summed E-state index contributed by atoms with van der Waals surface area (Å²) in [7, 11) is 0. The van der Waals surface area contributed by atoms with E-state index >= 15 is 0 Å². The zero-order valence-electron chi connectivity index (χ0n) is 13.5. The molecule has 110 valence electrons. The molecule has 0 amide bonds. The van der Waals surface area contributed by atoms with Crippen LogP contribution in [-0.2, 0) is 13.0 Å². The van der Waals surface area contributed by atoms with Crippen molar-refractivity contribution in [1.82, 2.24) is 4.57 Å². The van der Waals surface area contributed by atoms with E-state index in [1.807, 2.05) is 0 Å². The summed E-state index contributed by atoms with van der Waals surface area (Å²) in [5.74, 6) is 1.47. The van der Waals surface area contributed by atoms with Gasteiger partial charge in [-0.2, -0.15) is 0 Å². The van der Waals surface area contributed by atoms with Crippen molar-refractivity contribution in [1.29, 1.82) is 0 Å². The Kier molecular flexibility index (Phi) is 7.85. The molecule has 0 aliphatic rings. The number of aryl methyl sites for hydroxylation is 1. The minimum Gasteiger partial charge on any atom is -0.234 e. The molecule has 1 aromatic rings. The summed E-state index contributed by atoms with van der Waals surface area (Å²) in [6.07, 6.45) is 15.3. The molecule has 0 atom stereocenters. The van der Waals surface area contributed by atoms with E-state index in [1.54, 1.807) is 0 Å². The highest BCUT2D eigenvalue weighted by Gasteiger charge is 2.16. The number of hydrogen-bond acceptors (Lipinski definition) is 0. The maximum Gasteiger partial charge on any atom is 0.256 e. The second-order valence-electron chi connectivity index (χ2n) is 5.88. The molecule has 2 heteroatoms. The third kappa shape index (κ3) is 5.38. The lowest BCUT2D eigenvalue weighted by molar-refractivity contribution is -0.704. The van der Waals surface area contributed by atoms with Crippen molar-refractivity contribution in [2.75, 3.05) is 0 Å². The molecular formula is C17H33N2+. The van der Waals surface area contributed by atoms with Crippen LogP contribution in [0.15, 0.2) is 12.4 Å². The van der Waals surface area contributed by atoms with Gasteiger partial charge in [-0.3, -0.25) is 0 Å². The second-order valence-corrected chi connectivity index (χ2v) is 5.88. The van der Waals surface area contributed by atoms with Crippen molar-refractivity contribution >= 4 is 0 Å². The van der Waals surface area contributed by atoms with Crippen LogP contribution in [0.2, 0.25) is 0 Å². The lowest BCUT2D eigenvalue weighted by Gasteiger charge is -2.06. The van der Waals surface area contributed by atoms with E-state index in [1.165, 1.54) is 57.3 Å². The van der Waals surface area contributed by atoms with Crippen molar-refractivity contribution in [3.63, 3.8) is 0 Å². The lowest BCUT2D eigenvalue weighted by atomic mass is 10.1. The van der Waals surface area contributed by atoms with Gasteiger partial charge in [-0.1, -0.05) is 46.0 Å². The first-order valence-electron chi connectivity index (χ1n) is 8.29. The molecule has 0 aliphatic heterocycles. The number of unbranched alkanes of at least 4 members (excludes halogenated alkanes) is 6. The molecule has 0 bridgehead atoms. The smallest absolute Gasteiger partial charge is 0.234 e. The predicted octanol–water partition coefficient (Wildman–Crippen LogP) is 4.67. The van der Waals surface area contributed by atoms with Gasteiger partial charge in [-0.25, -0.2) is 9.13 Å². The first kappa shape index (κ1) is 16.3. The third-order valence-corrected chi connectivity index (χ3v) is 3.91. The van der Waals surface area contributed by atoms with Crippen LogP contribution in [0, 0.1) is 0 Å². The van der Waals surface area contributed by atoms with Crippen molar-refractivity contribution in [3.8, 4) is 0 Å². The Labute approximate surface area is 119 Å². The second kappa shape index (κ2) is 9.17. The summed E-state index contributed by atoms with van der Waals surface area (Å²) < 4.78 is 4.85. The first-order valence-corrected chi connectivity index (χ1v) is 8.29. The van der Waals surface area contributed by atoms with Crippen molar-refractivity contribution in [2.45, 2.75) is 91.6 Å². The molecule has 0 spiro atoms. The SMILES string of the molecule is CCCCCCCCC[n+]1ccn(C(C)C)c1CC. The molecule has 2 nitrogen and oxygen atoms in total. The van der Waals surface area contributed by atoms with Gasteiger partial charge in [0.1, 0.15) is 12.4 Å². The summed E-state index contributed by atoms with van der Waals surface area (Å²) in [6.45, 7) is 10.3. The standard InChI is InChI=1S/C17H33N2/c1-5-7-8-9-10-11-12-13-18-14-15-19(16(3)4)17(18)6-2/h14-16H,5-13H2,1-4H3/q+1. The topological polar surface area (TPSA) is 8.81 Å². The Balaban J connectivity index is 2.29. The monoisotopic (exact) mass is 265 g/mol. The maximum atomic E-state index is 2.45. The Morgan fingerprint density at radius 2 is 1.63 bits per heavy atom. The minimum atomic E-state index is 0.574. The van der Waals surface area contributed by atoms with Gasteiger partial charge in [0.05, 0.1) is 12.6 Å². The molecular weight excluding hydrogens is 232 g/mol. The highest BCUT2D eigenvalue weighted by atomic mass is 15.2. The van der Waals surface area contributed by atoms with Crippen LogP contribution in [0.1, 0.15) is 84.5 Å². The highest BCUT2D eigenvalue weighted by Crippen LogP contribution is 2.09. The van der Waals surface area contributed by atoms with E-state index < -0.39 is 0 Å². The summed E-state index contributed by atoms with van der Waals surface area (Å²) in [4.78, 5) is 0. The zero-order valence-corrected chi connectivity index (χ0v) is 13.5. The molecule has 1 heterocycles. The number of hydrogen-bond donors (Lipinski definition) is 0. The number of aromatic nitrogens is 2. The first-order chi connectivity index (χ1) is 9.20. The molecule has 1 rings (SSSR count). The van der Waals surface area contributed by atoms with Crippen LogP contribution in [0.5, 0.6) is 0 Å². The van der Waals surface area contributed by atoms with Crippen LogP contribution in [0.4, 0.5) is 0 Å². The summed E-state index contributed by atoms with van der Waals surface area (Å²) >= 11 is 0. The Hall–Kier alpha value is -0.790. The number of rotatable bonds is 10. The van der Waals surface area contributed by atoms with Gasteiger partial charge in [0.25, 0.3) is 5.82 Å². The Morgan fingerprint density at radius 1 is 1.00 bits per heavy atom. The summed E-state index contributed by atoms with van der Waals surface area (Å²) in [5, 5.41) is 0. The Morgan fingerprint density at radius 3 is 2.21 bits per heavy atom. The quantitative estimate of drug-likeness (QED) is 0.429. The molecule has 0 fully saturated rings. The lowest BCUT2D eigenvalue weighted by Crippen LogP contribution is -2.37. The van der Waals surface area contributed by atoms with E-state index in [9.17, 15) is 0 Å². The number of nitrogens with zero attached hydrogens (tertiary/aromatic N) is 2. The van der Waals surface area contributed by atoms with E-state index in [0.29, 0.717) is 6.04 Å². The number of imidazole rings is 1. The summed E-state index contributed by atoms with van der Waals surface area (Å²) in [6, 6.07) is 0.574. The molecule has 0 saturated carbocycles. The molecule has 0 N–H and O–H groups in total. The highest BCUT2D eigenvalue weighted by molar-refractivity contribution is 4.85. The molecule has 0 radical (unpaired) electrons. The van der Waals surface area contributed by atoms with Crippen molar-refractivity contribution < 1.29 is 4.57 Å².